The van der Waals surface area contributed by atoms with Crippen molar-refractivity contribution < 1.29 is 9.53 Å². The summed E-state index contributed by atoms with van der Waals surface area (Å²) < 4.78 is 7.28. The van der Waals surface area contributed by atoms with Crippen molar-refractivity contribution in [3.8, 4) is 16.9 Å². The van der Waals surface area contributed by atoms with Gasteiger partial charge >= 0.3 is 0 Å². The van der Waals surface area contributed by atoms with Crippen LogP contribution in [0.1, 0.15) is 21.7 Å². The quantitative estimate of drug-likeness (QED) is 0.154. The number of pyridine rings is 1. The number of methoxy groups -OCH3 is 1. The summed E-state index contributed by atoms with van der Waals surface area (Å²) in [6, 6.07) is 27.8. The lowest BCUT2D eigenvalue weighted by atomic mass is 9.94. The maximum Gasteiger partial charge on any atom is 0.260 e. The number of aromatic nitrogens is 3. The van der Waals surface area contributed by atoms with Crippen LogP contribution in [0.4, 0.5) is 0 Å². The highest BCUT2D eigenvalue weighted by molar-refractivity contribution is 6.32. The van der Waals surface area contributed by atoms with Crippen molar-refractivity contribution in [2.45, 2.75) is 6.54 Å². The van der Waals surface area contributed by atoms with Gasteiger partial charge in [-0.1, -0.05) is 65.7 Å². The van der Waals surface area contributed by atoms with Gasteiger partial charge in [-0.2, -0.15) is 0 Å². The van der Waals surface area contributed by atoms with Gasteiger partial charge in [0, 0.05) is 33.1 Å². The third-order valence-corrected chi connectivity index (χ3v) is 7.38. The minimum atomic E-state index is -0.480. The monoisotopic (exact) mass is 579 g/mol. The molecule has 0 aliphatic carbocycles. The first-order valence-corrected chi connectivity index (χ1v) is 13.6. The lowest BCUT2D eigenvalue weighted by Gasteiger charge is -2.12. The van der Waals surface area contributed by atoms with Gasteiger partial charge in [-0.15, -0.1) is 0 Å². The Morgan fingerprint density at radius 2 is 1.68 bits per heavy atom. The van der Waals surface area contributed by atoms with Crippen LogP contribution in [0.5, 0.6) is 5.75 Å². The van der Waals surface area contributed by atoms with Gasteiger partial charge in [0.15, 0.2) is 5.78 Å². The van der Waals surface area contributed by atoms with Gasteiger partial charge in [0.2, 0.25) is 0 Å². The number of carbonyl (C=O) groups excluding carboxylic acids is 1. The van der Waals surface area contributed by atoms with Gasteiger partial charge in [-0.05, 0) is 71.8 Å². The van der Waals surface area contributed by atoms with Crippen molar-refractivity contribution in [2.24, 2.45) is 0 Å². The predicted molar refractivity (Wildman–Crippen MR) is 165 cm³/mol. The molecule has 8 heteroatoms. The van der Waals surface area contributed by atoms with Crippen molar-refractivity contribution in [3.63, 3.8) is 0 Å². The molecule has 6 aromatic rings. The minimum absolute atomic E-state index is 0.0306. The van der Waals surface area contributed by atoms with Crippen molar-refractivity contribution >= 4 is 57.0 Å². The molecule has 2 heterocycles. The first-order valence-electron chi connectivity index (χ1n) is 12.8. The normalized spacial score (nSPS) is 11.5. The van der Waals surface area contributed by atoms with Crippen LogP contribution in [0.15, 0.2) is 102 Å². The highest BCUT2D eigenvalue weighted by Gasteiger charge is 2.20. The van der Waals surface area contributed by atoms with Crippen LogP contribution in [-0.4, -0.2) is 27.4 Å². The number of H-pyrrole nitrogens is 1. The number of halogens is 2. The molecule has 0 spiro atoms. The molecule has 0 amide bonds. The van der Waals surface area contributed by atoms with E-state index in [4.69, 9.17) is 32.9 Å². The number of ether oxygens (including phenoxy) is 1. The van der Waals surface area contributed by atoms with E-state index < -0.39 is 11.3 Å². The van der Waals surface area contributed by atoms with E-state index >= 15 is 0 Å². The smallest absolute Gasteiger partial charge is 0.260 e. The molecular weight excluding hydrogens is 557 g/mol. The maximum absolute atomic E-state index is 13.8. The van der Waals surface area contributed by atoms with Crippen LogP contribution in [0.2, 0.25) is 10.0 Å². The summed E-state index contributed by atoms with van der Waals surface area (Å²) in [6.45, 7) is 0.500. The summed E-state index contributed by atoms with van der Waals surface area (Å²) in [6.07, 6.45) is 3.02. The Hall–Kier alpha value is -4.65. The van der Waals surface area contributed by atoms with Gasteiger partial charge in [0.1, 0.15) is 11.6 Å². The Labute approximate surface area is 245 Å². The van der Waals surface area contributed by atoms with Crippen molar-refractivity contribution in [1.29, 1.82) is 0 Å². The van der Waals surface area contributed by atoms with Crippen LogP contribution in [0.3, 0.4) is 0 Å². The number of nitrogens with zero attached hydrogens (tertiary/aromatic N) is 2. The fourth-order valence-electron chi connectivity index (χ4n) is 4.97. The van der Waals surface area contributed by atoms with Crippen LogP contribution >= 0.6 is 23.2 Å². The minimum Gasteiger partial charge on any atom is -0.497 e. The van der Waals surface area contributed by atoms with Crippen molar-refractivity contribution in [3.05, 3.63) is 134 Å². The lowest BCUT2D eigenvalue weighted by molar-refractivity contribution is 0.104. The molecule has 0 radical (unpaired) electrons. The zero-order chi connectivity index (χ0) is 28.5. The number of aromatic amines is 1. The highest BCUT2D eigenvalue weighted by Crippen LogP contribution is 2.32. The summed E-state index contributed by atoms with van der Waals surface area (Å²) in [5, 5.41) is 1.75. The number of allylic oxidation sites excluding steroid dienone is 1. The molecule has 2 aromatic heterocycles. The fourth-order valence-corrected chi connectivity index (χ4v) is 5.31. The van der Waals surface area contributed by atoms with E-state index in [-0.39, 0.29) is 5.56 Å². The van der Waals surface area contributed by atoms with Gasteiger partial charge in [-0.3, -0.25) is 9.59 Å². The summed E-state index contributed by atoms with van der Waals surface area (Å²) in [7, 11) is 1.63. The SMILES string of the molecule is COc1ccc(Cn2c(/C=C/C(=O)c3c(-c4ccccc4)c4cc(Cl)ccc4[nH]c3=O)nc3cc(Cl)ccc32)cc1. The average Bonchev–Trinajstić information content (AvgIpc) is 3.32. The van der Waals surface area contributed by atoms with Crippen LogP contribution in [-0.2, 0) is 6.54 Å². The zero-order valence-electron chi connectivity index (χ0n) is 21.9. The molecule has 0 bridgehead atoms. The molecule has 0 fully saturated rings. The molecule has 0 unspecified atom stereocenters. The number of imidazole rings is 1. The predicted octanol–water partition coefficient (Wildman–Crippen LogP) is 7.80. The van der Waals surface area contributed by atoms with Gasteiger partial charge in [-0.25, -0.2) is 4.98 Å². The van der Waals surface area contributed by atoms with Gasteiger partial charge in [0.25, 0.3) is 5.56 Å². The first-order chi connectivity index (χ1) is 19.9. The maximum atomic E-state index is 13.8. The number of benzene rings is 4. The van der Waals surface area contributed by atoms with Crippen LogP contribution in [0, 0.1) is 0 Å². The van der Waals surface area contributed by atoms with E-state index in [1.165, 1.54) is 6.08 Å². The number of nitrogens with one attached hydrogen (secondary N) is 1. The first kappa shape index (κ1) is 26.6. The van der Waals surface area contributed by atoms with E-state index in [1.54, 1.807) is 43.5 Å². The van der Waals surface area contributed by atoms with Gasteiger partial charge < -0.3 is 14.3 Å². The second kappa shape index (κ2) is 11.1. The molecular formula is C33H23Cl2N3O3. The summed E-state index contributed by atoms with van der Waals surface area (Å²) in [4.78, 5) is 34.7. The number of ketones is 1. The standard InChI is InChI=1S/C33H23Cl2N3O3/c1-41-24-11-7-20(8-12-24)19-38-28-14-10-23(35)18-27(28)36-30(38)16-15-29(39)32-31(21-5-3-2-4-6-21)25-17-22(34)9-13-26(25)37-33(32)40/h2-18H,19H2,1H3,(H,37,40)/b16-15+. The van der Waals surface area contributed by atoms with E-state index in [2.05, 4.69) is 4.98 Å². The number of fused-ring (bicyclic) bond motifs is 2. The van der Waals surface area contributed by atoms with Gasteiger partial charge in [0.05, 0.1) is 23.7 Å². The number of hydrogen-bond donors (Lipinski definition) is 1. The van der Waals surface area contributed by atoms with E-state index in [0.29, 0.717) is 44.4 Å². The molecule has 0 aliphatic heterocycles. The molecule has 41 heavy (non-hydrogen) atoms. The zero-order valence-corrected chi connectivity index (χ0v) is 23.4. The number of rotatable bonds is 7. The Morgan fingerprint density at radius 3 is 2.44 bits per heavy atom. The molecule has 1 N–H and O–H groups in total. The van der Waals surface area contributed by atoms with Crippen molar-refractivity contribution in [2.75, 3.05) is 7.11 Å². The molecule has 4 aromatic carbocycles. The molecule has 0 saturated heterocycles. The molecule has 202 valence electrons. The Kier molecular flexibility index (Phi) is 7.18. The largest absolute Gasteiger partial charge is 0.497 e. The Morgan fingerprint density at radius 1 is 0.951 bits per heavy atom. The Bertz CT molecular complexity index is 2010. The topological polar surface area (TPSA) is 77.0 Å². The number of hydrogen-bond acceptors (Lipinski definition) is 4. The second-order valence-corrected chi connectivity index (χ2v) is 10.4. The highest BCUT2D eigenvalue weighted by atomic mass is 35.5. The van der Waals surface area contributed by atoms with E-state index in [0.717, 1.165) is 22.4 Å². The average molecular weight is 580 g/mol. The molecule has 6 nitrogen and oxygen atoms in total. The van der Waals surface area contributed by atoms with E-state index in [1.807, 2.05) is 65.2 Å². The van der Waals surface area contributed by atoms with Crippen LogP contribution < -0.4 is 10.3 Å². The molecule has 6 rings (SSSR count). The molecule has 0 aliphatic rings. The van der Waals surface area contributed by atoms with Crippen LogP contribution in [0.25, 0.3) is 39.1 Å². The van der Waals surface area contributed by atoms with Crippen molar-refractivity contribution in [1.82, 2.24) is 14.5 Å². The third-order valence-electron chi connectivity index (χ3n) is 6.91. The lowest BCUT2D eigenvalue weighted by Crippen LogP contribution is -2.18. The summed E-state index contributed by atoms with van der Waals surface area (Å²) in [5.41, 5.74) is 3.99. The van der Waals surface area contributed by atoms with E-state index in [9.17, 15) is 9.59 Å². The Balaban J connectivity index is 1.46. The molecule has 0 saturated carbocycles. The third kappa shape index (κ3) is 5.27. The molecule has 0 atom stereocenters. The number of carbonyl (C=O) groups is 1. The second-order valence-electron chi connectivity index (χ2n) is 9.49. The summed E-state index contributed by atoms with van der Waals surface area (Å²) >= 11 is 12.6. The summed E-state index contributed by atoms with van der Waals surface area (Å²) in [5.74, 6) is 0.860. The fraction of sp³-hybridized carbons (Fsp3) is 0.0606.